The summed E-state index contributed by atoms with van der Waals surface area (Å²) in [5, 5.41) is 2.42. The highest BCUT2D eigenvalue weighted by atomic mass is 35.5. The summed E-state index contributed by atoms with van der Waals surface area (Å²) < 4.78 is 31.9. The van der Waals surface area contributed by atoms with Crippen molar-refractivity contribution in [2.75, 3.05) is 26.2 Å². The summed E-state index contributed by atoms with van der Waals surface area (Å²) in [6.45, 7) is 0.649. The molecule has 0 atom stereocenters. The molecule has 1 aliphatic heterocycles. The van der Waals surface area contributed by atoms with Gasteiger partial charge in [-0.1, -0.05) is 0 Å². The lowest BCUT2D eigenvalue weighted by Crippen LogP contribution is -2.46. The molecular weight excluding hydrogens is 344 g/mol. The molecule has 2 amide bonds. The van der Waals surface area contributed by atoms with Crippen molar-refractivity contribution in [3.63, 3.8) is 0 Å². The Morgan fingerprint density at radius 2 is 1.96 bits per heavy atom. The Labute approximate surface area is 144 Å². The van der Waals surface area contributed by atoms with Crippen molar-refractivity contribution in [3.05, 3.63) is 29.8 Å². The zero-order valence-electron chi connectivity index (χ0n) is 13.0. The summed E-state index contributed by atoms with van der Waals surface area (Å²) in [5.74, 6) is -1.98. The zero-order chi connectivity index (χ0) is 16.8. The first kappa shape index (κ1) is 20.1. The second-order valence-corrected chi connectivity index (χ2v) is 5.25. The quantitative estimate of drug-likeness (QED) is 0.811. The summed E-state index contributed by atoms with van der Waals surface area (Å²) in [4.78, 5) is 24.5. The number of halogens is 3. The van der Waals surface area contributed by atoms with E-state index in [4.69, 9.17) is 10.5 Å². The number of ether oxygens (including phenoxy) is 1. The van der Waals surface area contributed by atoms with E-state index in [0.29, 0.717) is 25.9 Å². The standard InChI is InChI=1S/C15H19F2N3O3.ClH/c16-10-1-2-13(12(17)7-10)23-11-3-5-20(6-4-11)15(22)9-19-14(21)8-18;/h1-2,7,11H,3-6,8-9,18H2,(H,19,21);1H. The second-order valence-electron chi connectivity index (χ2n) is 5.25. The van der Waals surface area contributed by atoms with Crippen molar-refractivity contribution in [3.8, 4) is 5.75 Å². The van der Waals surface area contributed by atoms with Gasteiger partial charge in [-0.3, -0.25) is 9.59 Å². The minimum Gasteiger partial charge on any atom is -0.487 e. The van der Waals surface area contributed by atoms with Gasteiger partial charge in [-0.2, -0.15) is 0 Å². The highest BCUT2D eigenvalue weighted by Crippen LogP contribution is 2.22. The molecule has 1 fully saturated rings. The summed E-state index contributed by atoms with van der Waals surface area (Å²) in [7, 11) is 0. The smallest absolute Gasteiger partial charge is 0.241 e. The van der Waals surface area contributed by atoms with Gasteiger partial charge in [-0.05, 0) is 12.1 Å². The number of carbonyl (C=O) groups excluding carboxylic acids is 2. The van der Waals surface area contributed by atoms with Crippen molar-refractivity contribution >= 4 is 24.2 Å². The molecule has 3 N–H and O–H groups in total. The number of rotatable bonds is 5. The molecule has 0 bridgehead atoms. The van der Waals surface area contributed by atoms with E-state index >= 15 is 0 Å². The van der Waals surface area contributed by atoms with E-state index in [2.05, 4.69) is 5.32 Å². The van der Waals surface area contributed by atoms with Gasteiger partial charge < -0.3 is 20.7 Å². The van der Waals surface area contributed by atoms with E-state index in [-0.39, 0.29) is 49.2 Å². The molecule has 0 aromatic heterocycles. The van der Waals surface area contributed by atoms with E-state index < -0.39 is 11.6 Å². The van der Waals surface area contributed by atoms with Crippen molar-refractivity contribution in [1.82, 2.24) is 10.2 Å². The Morgan fingerprint density at radius 1 is 1.29 bits per heavy atom. The normalized spacial score (nSPS) is 14.7. The van der Waals surface area contributed by atoms with E-state index in [1.807, 2.05) is 0 Å². The maximum Gasteiger partial charge on any atom is 0.241 e. The fourth-order valence-electron chi connectivity index (χ4n) is 2.33. The fraction of sp³-hybridized carbons (Fsp3) is 0.467. The van der Waals surface area contributed by atoms with E-state index in [1.165, 1.54) is 6.07 Å². The molecule has 1 aromatic rings. The van der Waals surface area contributed by atoms with Crippen LogP contribution >= 0.6 is 12.4 Å². The molecule has 0 radical (unpaired) electrons. The molecule has 134 valence electrons. The minimum atomic E-state index is -0.743. The number of likely N-dealkylation sites (tertiary alicyclic amines) is 1. The first-order valence-corrected chi connectivity index (χ1v) is 7.36. The largest absolute Gasteiger partial charge is 0.487 e. The number of hydrogen-bond donors (Lipinski definition) is 2. The van der Waals surface area contributed by atoms with Crippen LogP contribution in [0.5, 0.6) is 5.75 Å². The lowest BCUT2D eigenvalue weighted by atomic mass is 10.1. The van der Waals surface area contributed by atoms with Gasteiger partial charge in [-0.25, -0.2) is 8.78 Å². The van der Waals surface area contributed by atoms with E-state index in [1.54, 1.807) is 4.90 Å². The number of nitrogens with zero attached hydrogens (tertiary/aromatic N) is 1. The monoisotopic (exact) mass is 363 g/mol. The maximum absolute atomic E-state index is 13.5. The lowest BCUT2D eigenvalue weighted by molar-refractivity contribution is -0.134. The van der Waals surface area contributed by atoms with Gasteiger partial charge in [0.2, 0.25) is 11.8 Å². The highest BCUT2D eigenvalue weighted by Gasteiger charge is 2.24. The van der Waals surface area contributed by atoms with Crippen LogP contribution in [0.25, 0.3) is 0 Å². The molecule has 0 spiro atoms. The summed E-state index contributed by atoms with van der Waals surface area (Å²) in [6.07, 6.45) is 0.832. The predicted octanol–water partition coefficient (Wildman–Crippen LogP) is 0.831. The molecular formula is C15H20ClF2N3O3. The summed E-state index contributed by atoms with van der Waals surface area (Å²) >= 11 is 0. The van der Waals surface area contributed by atoms with Crippen LogP contribution in [0.15, 0.2) is 18.2 Å². The Kier molecular flexibility index (Phi) is 7.87. The third-order valence-electron chi connectivity index (χ3n) is 3.60. The number of nitrogens with two attached hydrogens (primary N) is 1. The van der Waals surface area contributed by atoms with Crippen LogP contribution in [0.1, 0.15) is 12.8 Å². The van der Waals surface area contributed by atoms with Gasteiger partial charge in [0.15, 0.2) is 11.6 Å². The topological polar surface area (TPSA) is 84.7 Å². The van der Waals surface area contributed by atoms with Gasteiger partial charge in [0.25, 0.3) is 0 Å². The first-order chi connectivity index (χ1) is 11.0. The van der Waals surface area contributed by atoms with Crippen molar-refractivity contribution in [2.45, 2.75) is 18.9 Å². The predicted molar refractivity (Wildman–Crippen MR) is 85.9 cm³/mol. The van der Waals surface area contributed by atoms with E-state index in [0.717, 1.165) is 12.1 Å². The van der Waals surface area contributed by atoms with Crippen molar-refractivity contribution in [1.29, 1.82) is 0 Å². The Balaban J connectivity index is 0.00000288. The number of hydrogen-bond acceptors (Lipinski definition) is 4. The number of carbonyl (C=O) groups is 2. The van der Waals surface area contributed by atoms with Crippen LogP contribution in [0, 0.1) is 11.6 Å². The third-order valence-corrected chi connectivity index (χ3v) is 3.60. The molecule has 1 aromatic carbocycles. The van der Waals surface area contributed by atoms with Gasteiger partial charge in [0.05, 0.1) is 13.1 Å². The van der Waals surface area contributed by atoms with Crippen molar-refractivity contribution < 1.29 is 23.1 Å². The Bertz CT molecular complexity index is 581. The maximum atomic E-state index is 13.5. The number of benzene rings is 1. The molecule has 0 saturated carbocycles. The Morgan fingerprint density at radius 3 is 2.54 bits per heavy atom. The van der Waals surface area contributed by atoms with Crippen LogP contribution < -0.4 is 15.8 Å². The van der Waals surface area contributed by atoms with Crippen LogP contribution in [0.3, 0.4) is 0 Å². The molecule has 0 aliphatic carbocycles. The molecule has 0 unspecified atom stereocenters. The SMILES string of the molecule is Cl.NCC(=O)NCC(=O)N1CCC(Oc2ccc(F)cc2F)CC1. The average Bonchev–Trinajstić information content (AvgIpc) is 2.55. The molecule has 1 aliphatic rings. The number of piperidine rings is 1. The molecule has 1 heterocycles. The fourth-order valence-corrected chi connectivity index (χ4v) is 2.33. The van der Waals surface area contributed by atoms with Gasteiger partial charge >= 0.3 is 0 Å². The van der Waals surface area contributed by atoms with Crippen LogP contribution in [-0.4, -0.2) is 49.0 Å². The summed E-state index contributed by atoms with van der Waals surface area (Å²) in [5.41, 5.74) is 5.14. The average molecular weight is 364 g/mol. The highest BCUT2D eigenvalue weighted by molar-refractivity contribution is 5.85. The molecule has 2 rings (SSSR count). The van der Waals surface area contributed by atoms with Gasteiger partial charge in [-0.15, -0.1) is 12.4 Å². The Hall–Kier alpha value is -1.93. The second kappa shape index (κ2) is 9.39. The minimum absolute atomic E-state index is 0. The molecule has 1 saturated heterocycles. The van der Waals surface area contributed by atoms with Crippen LogP contribution in [-0.2, 0) is 9.59 Å². The lowest BCUT2D eigenvalue weighted by Gasteiger charge is -2.32. The van der Waals surface area contributed by atoms with Gasteiger partial charge in [0, 0.05) is 32.0 Å². The zero-order valence-corrected chi connectivity index (χ0v) is 13.8. The molecule has 9 heteroatoms. The third kappa shape index (κ3) is 5.61. The summed E-state index contributed by atoms with van der Waals surface area (Å²) in [6, 6.07) is 3.16. The number of nitrogens with one attached hydrogen (secondary N) is 1. The van der Waals surface area contributed by atoms with Crippen LogP contribution in [0.4, 0.5) is 8.78 Å². The van der Waals surface area contributed by atoms with Gasteiger partial charge in [0.1, 0.15) is 11.9 Å². The number of amides is 2. The van der Waals surface area contributed by atoms with Crippen LogP contribution in [0.2, 0.25) is 0 Å². The van der Waals surface area contributed by atoms with Crippen molar-refractivity contribution in [2.24, 2.45) is 5.73 Å². The first-order valence-electron chi connectivity index (χ1n) is 7.36. The molecule has 6 nitrogen and oxygen atoms in total. The van der Waals surface area contributed by atoms with E-state index in [9.17, 15) is 18.4 Å². The molecule has 24 heavy (non-hydrogen) atoms.